The molecule has 0 aliphatic carbocycles. The van der Waals surface area contributed by atoms with Crippen molar-refractivity contribution in [3.05, 3.63) is 71.5 Å². The molecule has 1 amide bonds. The van der Waals surface area contributed by atoms with Gasteiger partial charge in [-0.2, -0.15) is 0 Å². The molecule has 110 valence electrons. The number of nitrogens with two attached hydrogens (primary N) is 1. The van der Waals surface area contributed by atoms with E-state index < -0.39 is 5.54 Å². The van der Waals surface area contributed by atoms with Gasteiger partial charge in [0.1, 0.15) is 11.4 Å². The summed E-state index contributed by atoms with van der Waals surface area (Å²) in [5.41, 5.74) is 6.79. The molecule has 2 aromatic rings. The maximum Gasteiger partial charge on any atom is 0.244 e. The summed E-state index contributed by atoms with van der Waals surface area (Å²) in [6.07, 6.45) is 0.636. The molecule has 0 heterocycles. The van der Waals surface area contributed by atoms with Crippen molar-refractivity contribution in [3.63, 3.8) is 0 Å². The zero-order valence-corrected chi connectivity index (χ0v) is 12.0. The molecule has 21 heavy (non-hydrogen) atoms. The Bertz CT molecular complexity index is 594. The minimum Gasteiger partial charge on any atom is -0.354 e. The summed E-state index contributed by atoms with van der Waals surface area (Å²) in [6, 6.07) is 15.5. The number of carbonyl (C=O) groups is 1. The molecular formula is C17H19FN2O. The fraction of sp³-hybridized carbons (Fsp3) is 0.235. The second-order valence-electron chi connectivity index (χ2n) is 5.20. The van der Waals surface area contributed by atoms with E-state index in [0.29, 0.717) is 13.0 Å². The molecule has 1 unspecified atom stereocenters. The molecule has 0 aliphatic rings. The molecular weight excluding hydrogens is 267 g/mol. The Morgan fingerprint density at radius 2 is 1.76 bits per heavy atom. The Morgan fingerprint density at radius 3 is 2.38 bits per heavy atom. The minimum absolute atomic E-state index is 0.226. The Morgan fingerprint density at radius 1 is 1.14 bits per heavy atom. The summed E-state index contributed by atoms with van der Waals surface area (Å²) in [6.45, 7) is 2.15. The molecule has 0 radical (unpaired) electrons. The summed E-state index contributed by atoms with van der Waals surface area (Å²) < 4.78 is 12.8. The van der Waals surface area contributed by atoms with Gasteiger partial charge in [-0.1, -0.05) is 42.5 Å². The van der Waals surface area contributed by atoms with Gasteiger partial charge in [0.25, 0.3) is 0 Å². The highest BCUT2D eigenvalue weighted by molar-refractivity contribution is 5.86. The van der Waals surface area contributed by atoms with Crippen LogP contribution < -0.4 is 11.1 Å². The zero-order valence-electron chi connectivity index (χ0n) is 12.0. The number of amides is 1. The average Bonchev–Trinajstić information content (AvgIpc) is 2.50. The van der Waals surface area contributed by atoms with Gasteiger partial charge in [-0.15, -0.1) is 0 Å². The molecule has 0 fully saturated rings. The van der Waals surface area contributed by atoms with E-state index in [4.69, 9.17) is 5.73 Å². The van der Waals surface area contributed by atoms with Gasteiger partial charge in [0.15, 0.2) is 0 Å². The maximum atomic E-state index is 12.8. The highest BCUT2D eigenvalue weighted by Gasteiger charge is 2.29. The molecule has 0 bridgehead atoms. The van der Waals surface area contributed by atoms with Crippen LogP contribution in [-0.2, 0) is 16.8 Å². The molecule has 0 saturated carbocycles. The lowest BCUT2D eigenvalue weighted by molar-refractivity contribution is -0.126. The molecule has 0 spiro atoms. The summed E-state index contributed by atoms with van der Waals surface area (Å²) >= 11 is 0. The van der Waals surface area contributed by atoms with Crippen LogP contribution in [0.25, 0.3) is 0 Å². The fourth-order valence-electron chi connectivity index (χ4n) is 2.07. The van der Waals surface area contributed by atoms with Gasteiger partial charge in [-0.25, -0.2) is 4.39 Å². The molecule has 3 N–H and O–H groups in total. The summed E-state index contributed by atoms with van der Waals surface area (Å²) in [7, 11) is 0. The first kappa shape index (κ1) is 15.2. The molecule has 0 saturated heterocycles. The van der Waals surface area contributed by atoms with E-state index in [1.807, 2.05) is 30.3 Å². The topological polar surface area (TPSA) is 55.1 Å². The van der Waals surface area contributed by atoms with Crippen molar-refractivity contribution in [1.29, 1.82) is 0 Å². The molecule has 3 nitrogen and oxygen atoms in total. The van der Waals surface area contributed by atoms with Crippen LogP contribution in [0.3, 0.4) is 0 Å². The molecule has 1 atom stereocenters. The fourth-order valence-corrected chi connectivity index (χ4v) is 2.07. The summed E-state index contributed by atoms with van der Waals surface area (Å²) in [5, 5.41) is 2.83. The first-order chi connectivity index (χ1) is 10.00. The minimum atomic E-state index is -1.07. The number of rotatable bonds is 5. The third-order valence-corrected chi connectivity index (χ3v) is 3.46. The molecule has 4 heteroatoms. The number of hydrogen-bond donors (Lipinski definition) is 2. The van der Waals surface area contributed by atoms with Crippen LogP contribution in [0.15, 0.2) is 54.6 Å². The van der Waals surface area contributed by atoms with Gasteiger partial charge in [0, 0.05) is 6.54 Å². The van der Waals surface area contributed by atoms with Crippen LogP contribution in [0.1, 0.15) is 18.1 Å². The third kappa shape index (κ3) is 3.89. The lowest BCUT2D eigenvalue weighted by Gasteiger charge is -2.24. The molecule has 0 aromatic heterocycles. The van der Waals surface area contributed by atoms with E-state index in [1.54, 1.807) is 19.1 Å². The normalized spacial score (nSPS) is 13.5. The van der Waals surface area contributed by atoms with Crippen molar-refractivity contribution in [1.82, 2.24) is 5.32 Å². The van der Waals surface area contributed by atoms with E-state index in [9.17, 15) is 9.18 Å². The van der Waals surface area contributed by atoms with Crippen molar-refractivity contribution in [2.24, 2.45) is 5.73 Å². The molecule has 2 rings (SSSR count). The number of benzene rings is 2. The van der Waals surface area contributed by atoms with Gasteiger partial charge in [-0.3, -0.25) is 4.79 Å². The first-order valence-corrected chi connectivity index (χ1v) is 6.87. The number of halogens is 1. The maximum absolute atomic E-state index is 12.8. The van der Waals surface area contributed by atoms with Crippen LogP contribution >= 0.6 is 0 Å². The van der Waals surface area contributed by atoms with Crippen LogP contribution in [0, 0.1) is 5.82 Å². The van der Waals surface area contributed by atoms with E-state index in [2.05, 4.69) is 5.32 Å². The van der Waals surface area contributed by atoms with E-state index in [1.165, 1.54) is 12.1 Å². The lowest BCUT2D eigenvalue weighted by Crippen LogP contribution is -2.49. The quantitative estimate of drug-likeness (QED) is 0.886. The number of carbonyl (C=O) groups excluding carboxylic acids is 1. The predicted octanol–water partition coefficient (Wildman–Crippen LogP) is 2.36. The van der Waals surface area contributed by atoms with Gasteiger partial charge in [0.05, 0.1) is 0 Å². The standard InChI is InChI=1S/C17H19FN2O/c1-17(19,14-5-3-2-4-6-14)16(21)20-12-11-13-7-9-15(18)10-8-13/h2-10H,11-12,19H2,1H3,(H,20,21). The van der Waals surface area contributed by atoms with Gasteiger partial charge < -0.3 is 11.1 Å². The molecule has 0 aliphatic heterocycles. The third-order valence-electron chi connectivity index (χ3n) is 3.46. The number of hydrogen-bond acceptors (Lipinski definition) is 2. The molecule has 2 aromatic carbocycles. The van der Waals surface area contributed by atoms with Crippen molar-refractivity contribution in [2.75, 3.05) is 6.54 Å². The SMILES string of the molecule is CC(N)(C(=O)NCCc1ccc(F)cc1)c1ccccc1. The van der Waals surface area contributed by atoms with E-state index in [0.717, 1.165) is 11.1 Å². The first-order valence-electron chi connectivity index (χ1n) is 6.87. The van der Waals surface area contributed by atoms with Crippen molar-refractivity contribution in [2.45, 2.75) is 18.9 Å². The van der Waals surface area contributed by atoms with Crippen LogP contribution in [-0.4, -0.2) is 12.5 Å². The van der Waals surface area contributed by atoms with Crippen molar-refractivity contribution >= 4 is 5.91 Å². The van der Waals surface area contributed by atoms with Crippen molar-refractivity contribution < 1.29 is 9.18 Å². The van der Waals surface area contributed by atoms with E-state index in [-0.39, 0.29) is 11.7 Å². The second-order valence-corrected chi connectivity index (χ2v) is 5.20. The van der Waals surface area contributed by atoms with Crippen LogP contribution in [0.4, 0.5) is 4.39 Å². The van der Waals surface area contributed by atoms with Crippen LogP contribution in [0.5, 0.6) is 0 Å². The van der Waals surface area contributed by atoms with Crippen molar-refractivity contribution in [3.8, 4) is 0 Å². The van der Waals surface area contributed by atoms with Gasteiger partial charge in [0.2, 0.25) is 5.91 Å². The largest absolute Gasteiger partial charge is 0.354 e. The second kappa shape index (κ2) is 6.50. The lowest BCUT2D eigenvalue weighted by atomic mass is 9.92. The highest BCUT2D eigenvalue weighted by atomic mass is 19.1. The summed E-state index contributed by atoms with van der Waals surface area (Å²) in [4.78, 5) is 12.2. The van der Waals surface area contributed by atoms with Gasteiger partial charge >= 0.3 is 0 Å². The van der Waals surface area contributed by atoms with Gasteiger partial charge in [-0.05, 0) is 36.6 Å². The highest BCUT2D eigenvalue weighted by Crippen LogP contribution is 2.17. The Balaban J connectivity index is 1.91. The van der Waals surface area contributed by atoms with E-state index >= 15 is 0 Å². The Labute approximate surface area is 124 Å². The predicted molar refractivity (Wildman–Crippen MR) is 81.1 cm³/mol. The zero-order chi connectivity index (χ0) is 15.3. The summed E-state index contributed by atoms with van der Waals surface area (Å²) in [5.74, 6) is -0.489. The Hall–Kier alpha value is -2.20. The Kier molecular flexibility index (Phi) is 4.70. The smallest absolute Gasteiger partial charge is 0.244 e. The number of nitrogens with one attached hydrogen (secondary N) is 1. The monoisotopic (exact) mass is 286 g/mol. The van der Waals surface area contributed by atoms with Crippen LogP contribution in [0.2, 0.25) is 0 Å². The average molecular weight is 286 g/mol.